The summed E-state index contributed by atoms with van der Waals surface area (Å²) in [5.74, 6) is 0.644. The van der Waals surface area contributed by atoms with Crippen LogP contribution in [-0.2, 0) is 4.52 Å². The highest BCUT2D eigenvalue weighted by Crippen LogP contribution is 2.50. The minimum absolute atomic E-state index is 0.356. The van der Waals surface area contributed by atoms with Crippen LogP contribution >= 0.6 is 18.9 Å². The van der Waals surface area contributed by atoms with Crippen LogP contribution in [0.3, 0.4) is 0 Å². The lowest BCUT2D eigenvalue weighted by Gasteiger charge is -2.35. The van der Waals surface area contributed by atoms with Crippen molar-refractivity contribution in [2.45, 2.75) is 59.5 Å². The van der Waals surface area contributed by atoms with Gasteiger partial charge in [-0.2, -0.15) is 5.26 Å². The van der Waals surface area contributed by atoms with Crippen LogP contribution in [0, 0.1) is 17.2 Å². The Morgan fingerprint density at radius 3 is 2.29 bits per heavy atom. The molecule has 0 radical (unpaired) electrons. The van der Waals surface area contributed by atoms with E-state index in [4.69, 9.17) is 21.0 Å². The number of halogens is 1. The molecule has 0 saturated heterocycles. The van der Waals surface area contributed by atoms with Gasteiger partial charge in [0.15, 0.2) is 0 Å². The van der Waals surface area contributed by atoms with Crippen LogP contribution in [0.5, 0.6) is 0 Å². The van der Waals surface area contributed by atoms with Crippen molar-refractivity contribution in [1.29, 1.82) is 5.26 Å². The molecule has 5 heteroatoms. The van der Waals surface area contributed by atoms with Crippen molar-refractivity contribution in [2.24, 2.45) is 5.92 Å². The fourth-order valence-electron chi connectivity index (χ4n) is 1.87. The predicted octanol–water partition coefficient (Wildman–Crippen LogP) is 4.53. The molecule has 3 nitrogen and oxygen atoms in total. The Kier molecular flexibility index (Phi) is 9.18. The van der Waals surface area contributed by atoms with Crippen LogP contribution in [0.15, 0.2) is 0 Å². The second-order valence-electron chi connectivity index (χ2n) is 4.92. The number of nitriles is 1. The van der Waals surface area contributed by atoms with Gasteiger partial charge in [0.05, 0.1) is 19.1 Å². The molecular formula is C12H24ClN2OP. The maximum absolute atomic E-state index is 8.48. The fourth-order valence-corrected chi connectivity index (χ4v) is 4.19. The average Bonchev–Trinajstić information content (AvgIpc) is 2.16. The van der Waals surface area contributed by atoms with E-state index in [-0.39, 0.29) is 0 Å². The molecule has 0 saturated carbocycles. The molecule has 0 heterocycles. The van der Waals surface area contributed by atoms with E-state index in [2.05, 4.69) is 45.4 Å². The number of rotatable bonds is 8. The molecular weight excluding hydrogens is 255 g/mol. The third-order valence-electron chi connectivity index (χ3n) is 2.39. The van der Waals surface area contributed by atoms with Crippen molar-refractivity contribution in [3.8, 4) is 6.07 Å². The molecule has 0 aromatic rings. The van der Waals surface area contributed by atoms with Gasteiger partial charge in [-0.3, -0.25) is 0 Å². The van der Waals surface area contributed by atoms with Crippen molar-refractivity contribution >= 4 is 18.9 Å². The molecule has 0 aliphatic rings. The molecule has 0 aliphatic heterocycles. The summed E-state index contributed by atoms with van der Waals surface area (Å²) in [6.07, 6.45) is 1.50. The van der Waals surface area contributed by atoms with Gasteiger partial charge in [-0.15, -0.1) is 0 Å². The van der Waals surface area contributed by atoms with Crippen molar-refractivity contribution < 1.29 is 4.52 Å². The summed E-state index contributed by atoms with van der Waals surface area (Å²) < 4.78 is 7.76. The molecule has 2 unspecified atom stereocenters. The van der Waals surface area contributed by atoms with E-state index in [9.17, 15) is 0 Å². The maximum Gasteiger partial charge on any atom is 0.207 e. The van der Waals surface area contributed by atoms with Crippen LogP contribution in [0.2, 0.25) is 0 Å². The molecule has 0 rings (SSSR count). The van der Waals surface area contributed by atoms with Crippen molar-refractivity contribution in [3.63, 3.8) is 0 Å². The Morgan fingerprint density at radius 2 is 1.88 bits per heavy atom. The second-order valence-corrected chi connectivity index (χ2v) is 6.96. The van der Waals surface area contributed by atoms with E-state index in [1.54, 1.807) is 0 Å². The first-order chi connectivity index (χ1) is 7.90. The zero-order chi connectivity index (χ0) is 13.4. The highest BCUT2D eigenvalue weighted by atomic mass is 35.7. The van der Waals surface area contributed by atoms with Gasteiger partial charge < -0.3 is 4.52 Å². The summed E-state index contributed by atoms with van der Waals surface area (Å²) in [6.45, 7) is 11.3. The maximum atomic E-state index is 8.48. The van der Waals surface area contributed by atoms with Gasteiger partial charge in [0.2, 0.25) is 7.65 Å². The summed E-state index contributed by atoms with van der Waals surface area (Å²) in [5, 5.41) is 8.48. The minimum Gasteiger partial charge on any atom is -0.330 e. The summed E-state index contributed by atoms with van der Waals surface area (Å²) in [7, 11) is -1.11. The van der Waals surface area contributed by atoms with Crippen LogP contribution in [0.4, 0.5) is 0 Å². The van der Waals surface area contributed by atoms with Gasteiger partial charge in [-0.1, -0.05) is 13.8 Å². The van der Waals surface area contributed by atoms with E-state index >= 15 is 0 Å². The molecule has 0 amide bonds. The highest BCUT2D eigenvalue weighted by molar-refractivity contribution is 7.78. The van der Waals surface area contributed by atoms with Gasteiger partial charge in [0.25, 0.3) is 0 Å². The first-order valence-corrected chi connectivity index (χ1v) is 8.25. The Balaban J connectivity index is 4.35. The van der Waals surface area contributed by atoms with Crippen molar-refractivity contribution in [1.82, 2.24) is 4.67 Å². The summed E-state index contributed by atoms with van der Waals surface area (Å²) in [6, 6.07) is 2.82. The van der Waals surface area contributed by atoms with Crippen LogP contribution < -0.4 is 0 Å². The molecule has 100 valence electrons. The predicted molar refractivity (Wildman–Crippen MR) is 74.8 cm³/mol. The monoisotopic (exact) mass is 278 g/mol. The van der Waals surface area contributed by atoms with E-state index in [0.717, 1.165) is 6.42 Å². The molecule has 0 spiro atoms. The van der Waals surface area contributed by atoms with Crippen LogP contribution in [-0.4, -0.2) is 23.4 Å². The minimum atomic E-state index is -1.11. The lowest BCUT2D eigenvalue weighted by atomic mass is 10.0. The smallest absolute Gasteiger partial charge is 0.207 e. The van der Waals surface area contributed by atoms with Crippen LogP contribution in [0.25, 0.3) is 0 Å². The van der Waals surface area contributed by atoms with Gasteiger partial charge in [0, 0.05) is 12.1 Å². The van der Waals surface area contributed by atoms with E-state index < -0.39 is 7.65 Å². The first-order valence-electron chi connectivity index (χ1n) is 6.14. The Bertz CT molecular complexity index is 243. The fraction of sp³-hybridized carbons (Fsp3) is 0.917. The zero-order valence-electron chi connectivity index (χ0n) is 11.5. The molecule has 2 atom stereocenters. The summed E-state index contributed by atoms with van der Waals surface area (Å²) in [5.41, 5.74) is 0. The Morgan fingerprint density at radius 1 is 1.29 bits per heavy atom. The average molecular weight is 279 g/mol. The number of hydrogen-bond donors (Lipinski definition) is 0. The third-order valence-corrected chi connectivity index (χ3v) is 4.82. The normalized spacial score (nSPS) is 15.3. The highest BCUT2D eigenvalue weighted by Gasteiger charge is 2.26. The number of nitrogens with zero attached hydrogens (tertiary/aromatic N) is 2. The molecule has 0 aromatic heterocycles. The van der Waals surface area contributed by atoms with Gasteiger partial charge >= 0.3 is 0 Å². The van der Waals surface area contributed by atoms with Gasteiger partial charge in [0.1, 0.15) is 0 Å². The topological polar surface area (TPSA) is 36.3 Å². The van der Waals surface area contributed by atoms with Gasteiger partial charge in [-0.25, -0.2) is 4.67 Å². The van der Waals surface area contributed by atoms with Crippen molar-refractivity contribution in [2.75, 3.05) is 6.61 Å². The van der Waals surface area contributed by atoms with Gasteiger partial charge in [-0.05, 0) is 44.4 Å². The van der Waals surface area contributed by atoms with E-state index in [1.807, 2.05) is 0 Å². The van der Waals surface area contributed by atoms with E-state index in [0.29, 0.717) is 31.0 Å². The second kappa shape index (κ2) is 9.11. The summed E-state index contributed by atoms with van der Waals surface area (Å²) in [4.78, 5) is 0. The molecule has 17 heavy (non-hydrogen) atoms. The molecule has 0 fully saturated rings. The standard InChI is InChI=1S/C12H24ClN2OP/c1-10(2)9-12(5)15(11(3)4)17(13)16-8-6-7-14/h10-12H,6,8-9H2,1-5H3. The SMILES string of the molecule is CC(C)CC(C)N(C(C)C)P(Cl)OCCC#N. The van der Waals surface area contributed by atoms with Crippen LogP contribution in [0.1, 0.15) is 47.5 Å². The Hall–Kier alpha value is 0.130. The quantitative estimate of drug-likeness (QED) is 0.483. The summed E-state index contributed by atoms with van der Waals surface area (Å²) >= 11 is 6.32. The van der Waals surface area contributed by atoms with Crippen molar-refractivity contribution in [3.05, 3.63) is 0 Å². The zero-order valence-corrected chi connectivity index (χ0v) is 13.1. The molecule has 0 N–H and O–H groups in total. The van der Waals surface area contributed by atoms with E-state index in [1.165, 1.54) is 0 Å². The Labute approximate surface area is 112 Å². The number of hydrogen-bond acceptors (Lipinski definition) is 3. The lowest BCUT2D eigenvalue weighted by Crippen LogP contribution is -2.34. The molecule has 0 aliphatic carbocycles. The lowest BCUT2D eigenvalue weighted by molar-refractivity contribution is 0.235. The first kappa shape index (κ1) is 17.1. The largest absolute Gasteiger partial charge is 0.330 e. The molecule has 0 aromatic carbocycles. The third kappa shape index (κ3) is 7.21. The molecule has 0 bridgehead atoms.